The van der Waals surface area contributed by atoms with Crippen molar-refractivity contribution in [3.63, 3.8) is 0 Å². The molecule has 1 aromatic carbocycles. The molecule has 0 bridgehead atoms. The van der Waals surface area contributed by atoms with Crippen molar-refractivity contribution in [2.45, 2.75) is 13.0 Å². The van der Waals surface area contributed by atoms with Crippen LogP contribution in [-0.2, 0) is 0 Å². The van der Waals surface area contributed by atoms with E-state index in [1.807, 2.05) is 48.1 Å². The molecule has 0 aliphatic rings. The van der Waals surface area contributed by atoms with Crippen molar-refractivity contribution in [1.82, 2.24) is 14.5 Å². The van der Waals surface area contributed by atoms with Crippen LogP contribution in [0.3, 0.4) is 0 Å². The van der Waals surface area contributed by atoms with Crippen LogP contribution in [0.25, 0.3) is 5.69 Å². The number of hydrogen-bond donors (Lipinski definition) is 1. The average Bonchev–Trinajstić information content (AvgIpc) is 3.15. The Labute approximate surface area is 140 Å². The first-order valence-electron chi connectivity index (χ1n) is 7.71. The highest BCUT2D eigenvalue weighted by atomic mass is 16.3. The van der Waals surface area contributed by atoms with Gasteiger partial charge in [0.05, 0.1) is 11.6 Å². The smallest absolute Gasteiger partial charge is 0.257 e. The molecule has 5 nitrogen and oxygen atoms in total. The number of phenolic OH excluding ortho intramolecular Hbond substituents is 1. The van der Waals surface area contributed by atoms with Crippen LogP contribution in [0.5, 0.6) is 5.75 Å². The Morgan fingerprint density at radius 3 is 2.50 bits per heavy atom. The number of pyridine rings is 1. The van der Waals surface area contributed by atoms with Crippen molar-refractivity contribution in [3.05, 3.63) is 78.4 Å². The fraction of sp³-hybridized carbons (Fsp3) is 0.158. The fourth-order valence-electron chi connectivity index (χ4n) is 2.59. The summed E-state index contributed by atoms with van der Waals surface area (Å²) in [5.74, 6) is -0.254. The molecule has 122 valence electrons. The zero-order chi connectivity index (χ0) is 17.1. The van der Waals surface area contributed by atoms with Gasteiger partial charge in [-0.25, -0.2) is 0 Å². The summed E-state index contributed by atoms with van der Waals surface area (Å²) >= 11 is 0. The van der Waals surface area contributed by atoms with Gasteiger partial charge in [0.25, 0.3) is 5.91 Å². The monoisotopic (exact) mass is 321 g/mol. The van der Waals surface area contributed by atoms with Crippen molar-refractivity contribution < 1.29 is 9.90 Å². The number of nitrogens with zero attached hydrogens (tertiary/aromatic N) is 3. The molecular formula is C19H19N3O2. The van der Waals surface area contributed by atoms with Crippen LogP contribution in [0.2, 0.25) is 0 Å². The lowest BCUT2D eigenvalue weighted by Crippen LogP contribution is -2.29. The number of aromatic nitrogens is 2. The molecule has 1 N–H and O–H groups in total. The van der Waals surface area contributed by atoms with E-state index >= 15 is 0 Å². The number of aromatic hydroxyl groups is 1. The summed E-state index contributed by atoms with van der Waals surface area (Å²) in [5.41, 5.74) is 2.10. The summed E-state index contributed by atoms with van der Waals surface area (Å²) in [6.45, 7) is 1.94. The first-order valence-corrected chi connectivity index (χ1v) is 7.71. The number of benzene rings is 1. The molecule has 2 aromatic heterocycles. The van der Waals surface area contributed by atoms with Gasteiger partial charge in [-0.15, -0.1) is 0 Å². The lowest BCUT2D eigenvalue weighted by Gasteiger charge is -2.25. The zero-order valence-corrected chi connectivity index (χ0v) is 13.6. The van der Waals surface area contributed by atoms with Crippen molar-refractivity contribution in [2.75, 3.05) is 7.05 Å². The maximum atomic E-state index is 12.8. The van der Waals surface area contributed by atoms with Crippen molar-refractivity contribution in [3.8, 4) is 11.4 Å². The second-order valence-corrected chi connectivity index (χ2v) is 5.66. The second-order valence-electron chi connectivity index (χ2n) is 5.66. The molecule has 0 saturated carbocycles. The summed E-state index contributed by atoms with van der Waals surface area (Å²) < 4.78 is 1.89. The second kappa shape index (κ2) is 6.58. The van der Waals surface area contributed by atoms with Crippen LogP contribution in [0.4, 0.5) is 0 Å². The minimum atomic E-state index is -0.231. The lowest BCUT2D eigenvalue weighted by molar-refractivity contribution is 0.0739. The van der Waals surface area contributed by atoms with Crippen LogP contribution in [0, 0.1) is 0 Å². The van der Waals surface area contributed by atoms with Gasteiger partial charge in [-0.3, -0.25) is 9.78 Å². The number of hydrogen-bond acceptors (Lipinski definition) is 3. The standard InChI is InChI=1S/C19H19N3O2/c1-14(15-7-9-20-10-8-15)21(2)19(24)17-13-16(5-6-18(17)23)22-11-3-4-12-22/h3-14,23H,1-2H3/t14-/m0/s1. The van der Waals surface area contributed by atoms with Crippen molar-refractivity contribution in [2.24, 2.45) is 0 Å². The molecule has 0 unspecified atom stereocenters. The number of rotatable bonds is 4. The Morgan fingerprint density at radius 1 is 1.17 bits per heavy atom. The van der Waals surface area contributed by atoms with Gasteiger partial charge >= 0.3 is 0 Å². The summed E-state index contributed by atoms with van der Waals surface area (Å²) in [4.78, 5) is 18.5. The normalized spacial score (nSPS) is 11.9. The zero-order valence-electron chi connectivity index (χ0n) is 13.6. The Morgan fingerprint density at radius 2 is 1.83 bits per heavy atom. The lowest BCUT2D eigenvalue weighted by atomic mass is 10.1. The van der Waals surface area contributed by atoms with E-state index in [0.717, 1.165) is 11.3 Å². The molecule has 0 aliphatic carbocycles. The van der Waals surface area contributed by atoms with Gasteiger partial charge in [0, 0.05) is 37.5 Å². The Kier molecular flexibility index (Phi) is 4.33. The predicted octanol–water partition coefficient (Wildman–Crippen LogP) is 3.41. The van der Waals surface area contributed by atoms with Gasteiger partial charge in [-0.05, 0) is 55.0 Å². The average molecular weight is 321 g/mol. The third-order valence-corrected chi connectivity index (χ3v) is 4.20. The Hall–Kier alpha value is -3.08. The molecule has 3 aromatic rings. The van der Waals surface area contributed by atoms with E-state index in [9.17, 15) is 9.90 Å². The molecule has 24 heavy (non-hydrogen) atoms. The molecule has 0 spiro atoms. The summed E-state index contributed by atoms with van der Waals surface area (Å²) in [7, 11) is 1.73. The van der Waals surface area contributed by atoms with Crippen LogP contribution >= 0.6 is 0 Å². The summed E-state index contributed by atoms with van der Waals surface area (Å²) in [5, 5.41) is 10.1. The molecule has 2 heterocycles. The largest absolute Gasteiger partial charge is 0.507 e. The van der Waals surface area contributed by atoms with Crippen LogP contribution in [-0.4, -0.2) is 32.5 Å². The Balaban J connectivity index is 1.90. The van der Waals surface area contributed by atoms with Gasteiger partial charge in [0.2, 0.25) is 0 Å². The van der Waals surface area contributed by atoms with E-state index in [-0.39, 0.29) is 23.3 Å². The van der Waals surface area contributed by atoms with Crippen molar-refractivity contribution >= 4 is 5.91 Å². The van der Waals surface area contributed by atoms with E-state index in [2.05, 4.69) is 4.98 Å². The van der Waals surface area contributed by atoms with Crippen LogP contribution in [0.1, 0.15) is 28.9 Å². The van der Waals surface area contributed by atoms with Crippen LogP contribution < -0.4 is 0 Å². The van der Waals surface area contributed by atoms with E-state index < -0.39 is 0 Å². The highest BCUT2D eigenvalue weighted by Gasteiger charge is 2.22. The fourth-order valence-corrected chi connectivity index (χ4v) is 2.59. The number of carbonyl (C=O) groups is 1. The van der Waals surface area contributed by atoms with E-state index in [4.69, 9.17) is 0 Å². The van der Waals surface area contributed by atoms with Crippen molar-refractivity contribution in [1.29, 1.82) is 0 Å². The Bertz CT molecular complexity index is 829. The molecule has 1 atom stereocenters. The molecular weight excluding hydrogens is 302 g/mol. The first kappa shape index (κ1) is 15.8. The van der Waals surface area contributed by atoms with Gasteiger partial charge in [0.1, 0.15) is 5.75 Å². The van der Waals surface area contributed by atoms with Gasteiger partial charge < -0.3 is 14.6 Å². The van der Waals surface area contributed by atoms with Gasteiger partial charge in [0.15, 0.2) is 0 Å². The van der Waals surface area contributed by atoms with Crippen LogP contribution in [0.15, 0.2) is 67.3 Å². The third-order valence-electron chi connectivity index (χ3n) is 4.20. The number of carbonyl (C=O) groups excluding carboxylic acids is 1. The maximum Gasteiger partial charge on any atom is 0.257 e. The highest BCUT2D eigenvalue weighted by molar-refractivity contribution is 5.97. The molecule has 0 aliphatic heterocycles. The SMILES string of the molecule is C[C@@H](c1ccncc1)N(C)C(=O)c1cc(-n2cccc2)ccc1O. The minimum Gasteiger partial charge on any atom is -0.507 e. The molecule has 0 radical (unpaired) electrons. The van der Waals surface area contributed by atoms with E-state index in [1.54, 1.807) is 42.5 Å². The molecule has 0 saturated heterocycles. The van der Waals surface area contributed by atoms with Gasteiger partial charge in [-0.2, -0.15) is 0 Å². The highest BCUT2D eigenvalue weighted by Crippen LogP contribution is 2.26. The topological polar surface area (TPSA) is 58.4 Å². The predicted molar refractivity (Wildman–Crippen MR) is 92.2 cm³/mol. The molecule has 5 heteroatoms. The molecule has 3 rings (SSSR count). The molecule has 1 amide bonds. The first-order chi connectivity index (χ1) is 11.6. The van der Waals surface area contributed by atoms with Gasteiger partial charge in [-0.1, -0.05) is 0 Å². The summed E-state index contributed by atoms with van der Waals surface area (Å²) in [6, 6.07) is 12.5. The number of phenols is 1. The minimum absolute atomic E-state index is 0.0234. The quantitative estimate of drug-likeness (QED) is 0.801. The van der Waals surface area contributed by atoms with E-state index in [1.165, 1.54) is 0 Å². The third kappa shape index (κ3) is 3.01. The number of amides is 1. The maximum absolute atomic E-state index is 12.8. The molecule has 0 fully saturated rings. The summed E-state index contributed by atoms with van der Waals surface area (Å²) in [6.07, 6.45) is 7.19. The van der Waals surface area contributed by atoms with E-state index in [0.29, 0.717) is 0 Å².